The van der Waals surface area contributed by atoms with E-state index in [0.29, 0.717) is 0 Å². The molecule has 180 valence electrons. The third-order valence-electron chi connectivity index (χ3n) is 3.65. The Morgan fingerprint density at radius 1 is 0.485 bits per heavy atom. The van der Waals surface area contributed by atoms with Gasteiger partial charge in [0.25, 0.3) is 5.08 Å². The number of benzene rings is 2. The van der Waals surface area contributed by atoms with E-state index in [4.69, 9.17) is 0 Å². The van der Waals surface area contributed by atoms with Gasteiger partial charge in [0.2, 0.25) is 11.6 Å². The fourth-order valence-electron chi connectivity index (χ4n) is 2.07. The minimum atomic E-state index is -3.29. The van der Waals surface area contributed by atoms with Crippen LogP contribution >= 0.6 is 0 Å². The Labute approximate surface area is 181 Å². The highest BCUT2D eigenvalue weighted by molar-refractivity contribution is 8.11. The summed E-state index contributed by atoms with van der Waals surface area (Å²) in [5, 5.41) is -5.96. The first-order valence-corrected chi connectivity index (χ1v) is 10.4. The second kappa shape index (κ2) is 10.3. The normalized spacial score (nSPS) is 14.6. The van der Waals surface area contributed by atoms with Crippen LogP contribution in [0, 0.1) is 58.2 Å². The minimum absolute atomic E-state index is 0.421. The van der Waals surface area contributed by atoms with Crippen molar-refractivity contribution in [3.63, 3.8) is 0 Å². The highest BCUT2D eigenvalue weighted by atomic mass is 32.3. The van der Waals surface area contributed by atoms with Crippen LogP contribution in [0.15, 0.2) is 10.3 Å². The molecule has 0 amide bonds. The fraction of sp³-hybridized carbons (Fsp3) is 0.0588. The summed E-state index contributed by atoms with van der Waals surface area (Å²) in [6.07, 6.45) is -0.843. The number of hydrogen-bond acceptors (Lipinski definition) is 2. The third kappa shape index (κ3) is 5.28. The Morgan fingerprint density at radius 2 is 0.697 bits per heavy atom. The molecule has 0 aliphatic carbocycles. The van der Waals surface area contributed by atoms with Crippen LogP contribution in [0.1, 0.15) is 11.1 Å². The van der Waals surface area contributed by atoms with Gasteiger partial charge in [0.05, 0.1) is 33.5 Å². The third-order valence-corrected chi connectivity index (χ3v) is 6.47. The van der Waals surface area contributed by atoms with Crippen molar-refractivity contribution < 1.29 is 61.8 Å². The van der Waals surface area contributed by atoms with Gasteiger partial charge < -0.3 is 9.11 Å². The van der Waals surface area contributed by atoms with Gasteiger partial charge in [-0.05, 0) is 0 Å². The second-order valence-corrected chi connectivity index (χ2v) is 8.78. The van der Waals surface area contributed by atoms with Gasteiger partial charge in [-0.1, -0.05) is 0 Å². The molecule has 0 aliphatic heterocycles. The molecule has 2 nitrogen and oxygen atoms in total. The molecule has 2 unspecified atom stereocenters. The highest BCUT2D eigenvalue weighted by Crippen LogP contribution is 2.29. The summed E-state index contributed by atoms with van der Waals surface area (Å²) in [5.74, 6) is -25.1. The first-order chi connectivity index (χ1) is 15.2. The average Bonchev–Trinajstić information content (AvgIpc) is 2.78. The van der Waals surface area contributed by atoms with E-state index in [9.17, 15) is 61.8 Å². The van der Waals surface area contributed by atoms with E-state index >= 15 is 0 Å². The smallest absolute Gasteiger partial charge is 0.305 e. The summed E-state index contributed by atoms with van der Waals surface area (Å²) in [6.45, 7) is 0. The van der Waals surface area contributed by atoms with Crippen LogP contribution in [-0.2, 0) is 22.4 Å². The molecular formula is C17H4F12O2S2. The van der Waals surface area contributed by atoms with Gasteiger partial charge in [0.1, 0.15) is 0 Å². The molecule has 0 saturated carbocycles. The molecule has 33 heavy (non-hydrogen) atoms. The lowest BCUT2D eigenvalue weighted by molar-refractivity contribution is 0.376. The molecule has 0 fully saturated rings. The molecule has 2 atom stereocenters. The van der Waals surface area contributed by atoms with E-state index < -0.39 is 119 Å². The molecule has 0 saturated heterocycles. The van der Waals surface area contributed by atoms with Gasteiger partial charge in [-0.3, -0.25) is 0 Å². The van der Waals surface area contributed by atoms with Crippen molar-refractivity contribution in [2.24, 2.45) is 0 Å². The average molecular weight is 532 g/mol. The predicted octanol–water partition coefficient (Wildman–Crippen LogP) is 5.77. The molecule has 0 aliphatic rings. The summed E-state index contributed by atoms with van der Waals surface area (Å²) >= 11 is -6.57. The predicted molar refractivity (Wildman–Crippen MR) is 91.8 cm³/mol. The SMILES string of the molecule is [O-][S+](C[S+]([O-])C(F)=Cc1c(F)c(F)c(F)c(F)c1F)C(F)=Cc1c(F)c(F)c(F)c(F)c1F. The lowest BCUT2D eigenvalue weighted by Gasteiger charge is -2.11. The molecule has 16 heteroatoms. The summed E-state index contributed by atoms with van der Waals surface area (Å²) in [5.41, 5.74) is -3.75. The van der Waals surface area contributed by atoms with Crippen LogP contribution in [0.5, 0.6) is 0 Å². The molecule has 2 aromatic carbocycles. The largest absolute Gasteiger partial charge is 0.606 e. The Bertz CT molecular complexity index is 1020. The zero-order valence-electron chi connectivity index (χ0n) is 15.0. The topological polar surface area (TPSA) is 46.1 Å². The first kappa shape index (κ1) is 26.9. The van der Waals surface area contributed by atoms with E-state index in [1.807, 2.05) is 0 Å². The number of halogens is 12. The van der Waals surface area contributed by atoms with Crippen molar-refractivity contribution >= 4 is 34.5 Å². The van der Waals surface area contributed by atoms with Gasteiger partial charge in [0, 0.05) is 12.2 Å². The van der Waals surface area contributed by atoms with Crippen LogP contribution in [0.2, 0.25) is 0 Å². The second-order valence-electron chi connectivity index (χ2n) is 5.67. The molecule has 0 spiro atoms. The van der Waals surface area contributed by atoms with Crippen molar-refractivity contribution in [1.29, 1.82) is 0 Å². The number of rotatable bonds is 6. The summed E-state index contributed by atoms with van der Waals surface area (Å²) in [6, 6.07) is 0. The van der Waals surface area contributed by atoms with Crippen molar-refractivity contribution in [1.82, 2.24) is 0 Å². The van der Waals surface area contributed by atoms with Gasteiger partial charge in [-0.2, -0.15) is 8.78 Å². The van der Waals surface area contributed by atoms with E-state index in [-0.39, 0.29) is 0 Å². The Hall–Kier alpha value is -2.30. The zero-order chi connectivity index (χ0) is 25.4. The molecule has 2 rings (SSSR count). The van der Waals surface area contributed by atoms with Gasteiger partial charge in [-0.15, -0.1) is 0 Å². The Balaban J connectivity index is 2.33. The van der Waals surface area contributed by atoms with Crippen LogP contribution in [-0.4, -0.2) is 14.2 Å². The van der Waals surface area contributed by atoms with E-state index in [0.717, 1.165) is 0 Å². The van der Waals surface area contributed by atoms with Crippen LogP contribution < -0.4 is 0 Å². The molecule has 0 heterocycles. The van der Waals surface area contributed by atoms with E-state index in [1.165, 1.54) is 0 Å². The van der Waals surface area contributed by atoms with Gasteiger partial charge in [0.15, 0.2) is 46.5 Å². The summed E-state index contributed by atoms with van der Waals surface area (Å²) in [4.78, 5) is 0. The van der Waals surface area contributed by atoms with Crippen molar-refractivity contribution in [2.45, 2.75) is 0 Å². The molecule has 0 radical (unpaired) electrons. The maximum atomic E-state index is 13.9. The van der Waals surface area contributed by atoms with Gasteiger partial charge in [-0.25, -0.2) is 43.9 Å². The monoisotopic (exact) mass is 532 g/mol. The first-order valence-electron chi connectivity index (χ1n) is 7.74. The van der Waals surface area contributed by atoms with Crippen molar-refractivity contribution in [3.8, 4) is 0 Å². The molecular weight excluding hydrogens is 528 g/mol. The summed E-state index contributed by atoms with van der Waals surface area (Å²) < 4.78 is 184. The standard InChI is InChI=1S/C17H4F12O2S2/c18-6(1-4-8(20)12(24)16(28)13(25)9(4)21)32(30)3-33(31)7(19)2-5-10(22)14(26)17(29)15(27)11(5)23/h1-2H,3H2. The lowest BCUT2D eigenvalue weighted by Crippen LogP contribution is -2.17. The van der Waals surface area contributed by atoms with Crippen LogP contribution in [0.4, 0.5) is 52.7 Å². The van der Waals surface area contributed by atoms with E-state index in [1.54, 1.807) is 0 Å². The number of hydrogen-bond donors (Lipinski definition) is 0. The van der Waals surface area contributed by atoms with Crippen LogP contribution in [0.3, 0.4) is 0 Å². The molecule has 0 aromatic heterocycles. The van der Waals surface area contributed by atoms with Crippen molar-refractivity contribution in [2.75, 3.05) is 5.08 Å². The minimum Gasteiger partial charge on any atom is -0.606 e. The zero-order valence-corrected chi connectivity index (χ0v) is 16.7. The lowest BCUT2D eigenvalue weighted by atomic mass is 10.1. The van der Waals surface area contributed by atoms with Crippen molar-refractivity contribution in [3.05, 3.63) is 79.6 Å². The fourth-order valence-corrected chi connectivity index (χ4v) is 4.24. The Morgan fingerprint density at radius 3 is 0.939 bits per heavy atom. The highest BCUT2D eigenvalue weighted by Gasteiger charge is 2.31. The molecule has 2 aromatic rings. The van der Waals surface area contributed by atoms with E-state index in [2.05, 4.69) is 0 Å². The van der Waals surface area contributed by atoms with Gasteiger partial charge >= 0.3 is 10.3 Å². The molecule has 0 N–H and O–H groups in total. The quantitative estimate of drug-likeness (QED) is 0.205. The Kier molecular flexibility index (Phi) is 8.42. The maximum absolute atomic E-state index is 13.9. The molecule has 0 bridgehead atoms. The maximum Gasteiger partial charge on any atom is 0.305 e. The summed E-state index contributed by atoms with van der Waals surface area (Å²) in [7, 11) is 0. The van der Waals surface area contributed by atoms with Crippen LogP contribution in [0.25, 0.3) is 12.2 Å².